The zero-order valence-electron chi connectivity index (χ0n) is 25.2. The fourth-order valence-corrected chi connectivity index (χ4v) is 5.85. The molecule has 1 aliphatic rings. The number of ether oxygens (including phenoxy) is 3. The van der Waals surface area contributed by atoms with Crippen molar-refractivity contribution in [3.8, 4) is 17.2 Å². The molecule has 1 aliphatic carbocycles. The minimum absolute atomic E-state index is 0.0381. The molecule has 0 saturated heterocycles. The Kier molecular flexibility index (Phi) is 9.44. The first kappa shape index (κ1) is 29.9. The molecule has 226 valence electrons. The molecule has 4 aromatic rings. The number of carbonyl (C=O) groups is 2. The first-order chi connectivity index (χ1) is 20.9. The van der Waals surface area contributed by atoms with Crippen LogP contribution < -0.4 is 19.5 Å². The van der Waals surface area contributed by atoms with E-state index in [1.807, 2.05) is 54.6 Å². The van der Waals surface area contributed by atoms with Gasteiger partial charge in [-0.15, -0.1) is 5.10 Å². The van der Waals surface area contributed by atoms with E-state index in [1.165, 1.54) is 21.3 Å². The van der Waals surface area contributed by atoms with Gasteiger partial charge in [-0.2, -0.15) is 0 Å². The summed E-state index contributed by atoms with van der Waals surface area (Å²) < 4.78 is 18.5. The first-order valence-electron chi connectivity index (χ1n) is 14.7. The predicted octanol–water partition coefficient (Wildman–Crippen LogP) is 5.24. The third-order valence-electron chi connectivity index (χ3n) is 8.09. The van der Waals surface area contributed by atoms with E-state index in [2.05, 4.69) is 15.6 Å². The van der Waals surface area contributed by atoms with Gasteiger partial charge in [-0.3, -0.25) is 9.59 Å². The summed E-state index contributed by atoms with van der Waals surface area (Å²) in [4.78, 5) is 30.6. The second-order valence-corrected chi connectivity index (χ2v) is 10.9. The van der Waals surface area contributed by atoms with E-state index in [1.54, 1.807) is 28.6 Å². The van der Waals surface area contributed by atoms with Gasteiger partial charge in [0, 0.05) is 12.6 Å². The summed E-state index contributed by atoms with van der Waals surface area (Å²) in [5, 5.41) is 11.8. The molecular formula is C33H39N5O5. The van der Waals surface area contributed by atoms with E-state index < -0.39 is 12.1 Å². The normalized spacial score (nSPS) is 15.0. The first-order valence-corrected chi connectivity index (χ1v) is 14.7. The molecule has 43 heavy (non-hydrogen) atoms. The molecule has 1 aromatic heterocycles. The van der Waals surface area contributed by atoms with E-state index in [-0.39, 0.29) is 24.4 Å². The molecule has 0 radical (unpaired) electrons. The van der Waals surface area contributed by atoms with E-state index in [0.717, 1.165) is 43.2 Å². The average Bonchev–Trinajstić information content (AvgIpc) is 3.48. The van der Waals surface area contributed by atoms with Crippen molar-refractivity contribution in [1.82, 2.24) is 25.2 Å². The number of hydrogen-bond acceptors (Lipinski definition) is 7. The summed E-state index contributed by atoms with van der Waals surface area (Å²) in [6, 6.07) is 18.9. The summed E-state index contributed by atoms with van der Waals surface area (Å²) in [6.07, 6.45) is 5.08. The van der Waals surface area contributed by atoms with Gasteiger partial charge in [0.1, 0.15) is 17.6 Å². The maximum atomic E-state index is 14.6. The van der Waals surface area contributed by atoms with Crippen LogP contribution in [0.5, 0.6) is 17.2 Å². The largest absolute Gasteiger partial charge is 0.493 e. The number of carbonyl (C=O) groups excluding carboxylic acids is 2. The van der Waals surface area contributed by atoms with Crippen LogP contribution in [0.2, 0.25) is 0 Å². The Morgan fingerprint density at radius 1 is 0.930 bits per heavy atom. The lowest BCUT2D eigenvalue weighted by atomic mass is 9.94. The van der Waals surface area contributed by atoms with Crippen molar-refractivity contribution in [1.29, 1.82) is 0 Å². The van der Waals surface area contributed by atoms with Crippen molar-refractivity contribution in [3.05, 3.63) is 77.9 Å². The molecule has 10 nitrogen and oxygen atoms in total. The van der Waals surface area contributed by atoms with Crippen LogP contribution in [0.1, 0.15) is 62.2 Å². The van der Waals surface area contributed by atoms with Crippen molar-refractivity contribution in [2.75, 3.05) is 21.3 Å². The molecule has 3 aromatic carbocycles. The summed E-state index contributed by atoms with van der Waals surface area (Å²) >= 11 is 0. The van der Waals surface area contributed by atoms with Gasteiger partial charge < -0.3 is 24.4 Å². The lowest BCUT2D eigenvalue weighted by Crippen LogP contribution is -2.48. The summed E-state index contributed by atoms with van der Waals surface area (Å²) in [5.41, 5.74) is 2.85. The van der Waals surface area contributed by atoms with Gasteiger partial charge in [0.2, 0.25) is 17.6 Å². The van der Waals surface area contributed by atoms with Gasteiger partial charge in [-0.05, 0) is 55.2 Å². The number of nitrogens with zero attached hydrogens (tertiary/aromatic N) is 4. The Bertz CT molecular complexity index is 1520. The fraction of sp³-hybridized carbons (Fsp3) is 0.394. The Morgan fingerprint density at radius 2 is 1.58 bits per heavy atom. The van der Waals surface area contributed by atoms with E-state index in [9.17, 15) is 9.59 Å². The number of methoxy groups -OCH3 is 3. The number of hydrogen-bond donors (Lipinski definition) is 1. The van der Waals surface area contributed by atoms with Crippen LogP contribution in [0.4, 0.5) is 0 Å². The van der Waals surface area contributed by atoms with Gasteiger partial charge in [-0.1, -0.05) is 66.9 Å². The lowest BCUT2D eigenvalue weighted by molar-refractivity contribution is -0.144. The summed E-state index contributed by atoms with van der Waals surface area (Å²) in [5.74, 6) is 0.659. The molecule has 1 N–H and O–H groups in total. The van der Waals surface area contributed by atoms with Crippen LogP contribution in [0, 0.1) is 0 Å². The van der Waals surface area contributed by atoms with Crippen LogP contribution in [-0.2, 0) is 16.1 Å². The Hall–Kier alpha value is -4.60. The topological polar surface area (TPSA) is 108 Å². The molecule has 1 saturated carbocycles. The van der Waals surface area contributed by atoms with Crippen LogP contribution in [-0.4, -0.2) is 59.1 Å². The monoisotopic (exact) mass is 585 g/mol. The standard InChI is InChI=1S/C33H39N5O5/c1-22(38-27-18-12-11-17-26(27)35-36-38)33(40)37(21-23-13-7-5-8-14-23)30(32(39)34-25-15-9-6-10-16-25)24-19-28(41-2)31(43-4)29(20-24)42-3/h5,7-8,11-14,17-20,22,25,30H,6,9-10,15-16,21H2,1-4H3,(H,34,39)/t22-,30+/m1/s1. The van der Waals surface area contributed by atoms with Gasteiger partial charge in [0.05, 0.1) is 26.8 Å². The lowest BCUT2D eigenvalue weighted by Gasteiger charge is -2.35. The highest BCUT2D eigenvalue weighted by molar-refractivity contribution is 5.91. The third kappa shape index (κ3) is 6.43. The molecular weight excluding hydrogens is 546 g/mol. The fourth-order valence-electron chi connectivity index (χ4n) is 5.85. The van der Waals surface area contributed by atoms with Crippen molar-refractivity contribution in [2.45, 2.75) is 63.7 Å². The van der Waals surface area contributed by atoms with Gasteiger partial charge >= 0.3 is 0 Å². The summed E-state index contributed by atoms with van der Waals surface area (Å²) in [7, 11) is 4.59. The second-order valence-electron chi connectivity index (χ2n) is 10.9. The average molecular weight is 586 g/mol. The van der Waals surface area contributed by atoms with Crippen LogP contribution in [0.15, 0.2) is 66.7 Å². The molecule has 5 rings (SSSR count). The highest BCUT2D eigenvalue weighted by Gasteiger charge is 2.37. The predicted molar refractivity (Wildman–Crippen MR) is 163 cm³/mol. The van der Waals surface area contributed by atoms with E-state index >= 15 is 0 Å². The van der Waals surface area contributed by atoms with Gasteiger partial charge in [0.15, 0.2) is 11.5 Å². The van der Waals surface area contributed by atoms with Crippen LogP contribution >= 0.6 is 0 Å². The molecule has 1 heterocycles. The molecule has 0 unspecified atom stereocenters. The highest BCUT2D eigenvalue weighted by Crippen LogP contribution is 2.41. The van der Waals surface area contributed by atoms with E-state index in [4.69, 9.17) is 14.2 Å². The van der Waals surface area contributed by atoms with Crippen LogP contribution in [0.3, 0.4) is 0 Å². The molecule has 10 heteroatoms. The van der Waals surface area contributed by atoms with Gasteiger partial charge in [-0.25, -0.2) is 4.68 Å². The number of nitrogens with one attached hydrogen (secondary N) is 1. The molecule has 1 fully saturated rings. The summed E-state index contributed by atoms with van der Waals surface area (Å²) in [6.45, 7) is 1.97. The second kappa shape index (κ2) is 13.6. The number of para-hydroxylation sites is 1. The van der Waals surface area contributed by atoms with Crippen LogP contribution in [0.25, 0.3) is 11.0 Å². The number of benzene rings is 3. The zero-order chi connectivity index (χ0) is 30.3. The highest BCUT2D eigenvalue weighted by atomic mass is 16.5. The Morgan fingerprint density at radius 3 is 2.23 bits per heavy atom. The molecule has 2 atom stereocenters. The van der Waals surface area contributed by atoms with Crippen molar-refractivity contribution in [2.24, 2.45) is 0 Å². The van der Waals surface area contributed by atoms with Gasteiger partial charge in [0.25, 0.3) is 0 Å². The quantitative estimate of drug-likeness (QED) is 0.257. The minimum atomic E-state index is -0.999. The molecule has 0 bridgehead atoms. The zero-order valence-corrected chi connectivity index (χ0v) is 25.2. The number of aromatic nitrogens is 3. The maximum Gasteiger partial charge on any atom is 0.248 e. The minimum Gasteiger partial charge on any atom is -0.493 e. The molecule has 0 aliphatic heterocycles. The smallest absolute Gasteiger partial charge is 0.248 e. The SMILES string of the molecule is COc1cc([C@@H](C(=O)NC2CCCCC2)N(Cc2ccccc2)C(=O)[C@@H](C)n2nnc3ccccc32)cc(OC)c1OC. The third-order valence-corrected chi connectivity index (χ3v) is 8.09. The molecule has 2 amide bonds. The van der Waals surface area contributed by atoms with Crippen molar-refractivity contribution >= 4 is 22.8 Å². The van der Waals surface area contributed by atoms with Crippen molar-refractivity contribution in [3.63, 3.8) is 0 Å². The number of amides is 2. The van der Waals surface area contributed by atoms with E-state index in [0.29, 0.717) is 28.3 Å². The number of rotatable bonds is 11. The Labute approximate surface area is 251 Å². The molecule has 0 spiro atoms. The number of fused-ring (bicyclic) bond motifs is 1. The maximum absolute atomic E-state index is 14.6. The van der Waals surface area contributed by atoms with Crippen molar-refractivity contribution < 1.29 is 23.8 Å². The Balaban J connectivity index is 1.63.